The number of carbonyl (C=O) groups excluding carboxylic acids is 3. The molecule has 4 unspecified atom stereocenters. The molecule has 7 rings (SSSR count). The summed E-state index contributed by atoms with van der Waals surface area (Å²) in [4.78, 5) is 44.3. The Bertz CT molecular complexity index is 1170. The number of pyridine rings is 1. The van der Waals surface area contributed by atoms with E-state index >= 15 is 0 Å². The number of hydrogen-bond acceptors (Lipinski definition) is 6. The minimum absolute atomic E-state index is 0.151. The summed E-state index contributed by atoms with van der Waals surface area (Å²) in [6.45, 7) is -0.201. The van der Waals surface area contributed by atoms with Gasteiger partial charge in [0.2, 0.25) is 11.8 Å². The second-order valence-corrected chi connectivity index (χ2v) is 9.49. The third-order valence-electron chi connectivity index (χ3n) is 7.46. The number of carbonyl (C=O) groups is 3. The Morgan fingerprint density at radius 2 is 1.79 bits per heavy atom. The van der Waals surface area contributed by atoms with Crippen LogP contribution >= 0.6 is 11.6 Å². The van der Waals surface area contributed by atoms with Gasteiger partial charge in [-0.1, -0.05) is 23.8 Å². The fraction of sp³-hybridized carbons (Fsp3) is 0.360. The Balaban J connectivity index is 1.14. The summed E-state index contributed by atoms with van der Waals surface area (Å²) in [5, 5.41) is 0.343. The molecule has 1 saturated heterocycles. The number of amides is 2. The van der Waals surface area contributed by atoms with Gasteiger partial charge in [-0.3, -0.25) is 14.4 Å². The molecular weight excluding hydrogens is 444 g/mol. The Morgan fingerprint density at radius 1 is 1.09 bits per heavy atom. The molecule has 0 spiro atoms. The van der Waals surface area contributed by atoms with Crippen LogP contribution < -0.4 is 14.4 Å². The van der Waals surface area contributed by atoms with Crippen LogP contribution in [-0.2, 0) is 9.59 Å². The zero-order chi connectivity index (χ0) is 22.9. The first-order valence-corrected chi connectivity index (χ1v) is 11.4. The Labute approximate surface area is 195 Å². The van der Waals surface area contributed by atoms with Gasteiger partial charge < -0.3 is 9.47 Å². The van der Waals surface area contributed by atoms with Crippen molar-refractivity contribution >= 4 is 35.0 Å². The minimum atomic E-state index is -0.261. The van der Waals surface area contributed by atoms with Crippen molar-refractivity contribution in [2.75, 3.05) is 18.6 Å². The Morgan fingerprint density at radius 3 is 2.36 bits per heavy atom. The molecule has 5 aliphatic rings. The van der Waals surface area contributed by atoms with Gasteiger partial charge in [0.15, 0.2) is 12.4 Å². The summed E-state index contributed by atoms with van der Waals surface area (Å²) in [6, 6.07) is 7.98. The smallest absolute Gasteiger partial charge is 0.239 e. The van der Waals surface area contributed by atoms with Gasteiger partial charge in [0.1, 0.15) is 17.3 Å². The van der Waals surface area contributed by atoms with Crippen LogP contribution in [-0.4, -0.2) is 36.3 Å². The zero-order valence-corrected chi connectivity index (χ0v) is 18.6. The predicted molar refractivity (Wildman–Crippen MR) is 119 cm³/mol. The first-order valence-electron chi connectivity index (χ1n) is 11.0. The van der Waals surface area contributed by atoms with Gasteiger partial charge >= 0.3 is 0 Å². The molecule has 4 aliphatic carbocycles. The molecule has 8 heteroatoms. The van der Waals surface area contributed by atoms with Crippen molar-refractivity contribution in [1.29, 1.82) is 0 Å². The van der Waals surface area contributed by atoms with Gasteiger partial charge in [0.25, 0.3) is 0 Å². The average molecular weight is 465 g/mol. The zero-order valence-electron chi connectivity index (χ0n) is 17.8. The van der Waals surface area contributed by atoms with E-state index in [1.807, 2.05) is 0 Å². The topological polar surface area (TPSA) is 85.8 Å². The maximum atomic E-state index is 13.2. The Kier molecular flexibility index (Phi) is 4.59. The van der Waals surface area contributed by atoms with E-state index in [1.54, 1.807) is 24.3 Å². The highest BCUT2D eigenvalue weighted by Gasteiger charge is 2.67. The molecule has 6 atom stereocenters. The van der Waals surface area contributed by atoms with Crippen LogP contribution in [0.25, 0.3) is 0 Å². The number of benzene rings is 1. The molecule has 2 heterocycles. The molecule has 2 amide bonds. The van der Waals surface area contributed by atoms with E-state index in [0.29, 0.717) is 39.7 Å². The lowest BCUT2D eigenvalue weighted by Crippen LogP contribution is -2.40. The maximum absolute atomic E-state index is 13.2. The number of imide groups is 1. The maximum Gasteiger partial charge on any atom is 0.239 e. The van der Waals surface area contributed by atoms with Crippen LogP contribution in [0, 0.1) is 35.5 Å². The monoisotopic (exact) mass is 464 g/mol. The highest BCUT2D eigenvalue weighted by atomic mass is 35.5. The number of Topliss-reactive ketones (excluding diaryl/α,β-unsaturated/α-hetero) is 1. The lowest BCUT2D eigenvalue weighted by atomic mass is 9.63. The third kappa shape index (κ3) is 3.09. The summed E-state index contributed by atoms with van der Waals surface area (Å²) in [5.41, 5.74) is 0.405. The number of methoxy groups -OCH3 is 1. The highest BCUT2D eigenvalue weighted by molar-refractivity contribution is 6.32. The van der Waals surface area contributed by atoms with E-state index in [9.17, 15) is 14.4 Å². The van der Waals surface area contributed by atoms with Crippen molar-refractivity contribution in [3.05, 3.63) is 59.3 Å². The van der Waals surface area contributed by atoms with Crippen LogP contribution in [0.3, 0.4) is 0 Å². The number of nitrogens with zero attached hydrogens (tertiary/aromatic N) is 2. The molecule has 2 saturated carbocycles. The van der Waals surface area contributed by atoms with Crippen molar-refractivity contribution in [1.82, 2.24) is 4.98 Å². The average Bonchev–Trinajstić information content (AvgIpc) is 3.61. The van der Waals surface area contributed by atoms with Gasteiger partial charge in [-0.25, -0.2) is 9.88 Å². The first kappa shape index (κ1) is 20.4. The molecule has 2 bridgehead atoms. The van der Waals surface area contributed by atoms with Gasteiger partial charge in [-0.05, 0) is 60.4 Å². The van der Waals surface area contributed by atoms with E-state index in [-0.39, 0.29) is 47.9 Å². The van der Waals surface area contributed by atoms with Gasteiger partial charge in [-0.15, -0.1) is 0 Å². The molecule has 1 aromatic heterocycles. The van der Waals surface area contributed by atoms with Crippen LogP contribution in [0.4, 0.5) is 5.82 Å². The third-order valence-corrected chi connectivity index (χ3v) is 7.75. The second-order valence-electron chi connectivity index (χ2n) is 9.08. The van der Waals surface area contributed by atoms with Crippen molar-refractivity contribution in [3.8, 4) is 11.5 Å². The second kappa shape index (κ2) is 7.42. The quantitative estimate of drug-likeness (QED) is 0.369. The molecule has 0 radical (unpaired) electrons. The summed E-state index contributed by atoms with van der Waals surface area (Å²) in [5.74, 6) is 1.53. The highest BCUT2D eigenvalue weighted by Crippen LogP contribution is 2.65. The number of ketones is 1. The number of anilines is 1. The Hall–Kier alpha value is -3.19. The van der Waals surface area contributed by atoms with E-state index < -0.39 is 0 Å². The van der Waals surface area contributed by atoms with Crippen molar-refractivity contribution in [2.45, 2.75) is 6.42 Å². The predicted octanol–water partition coefficient (Wildman–Crippen LogP) is 3.56. The summed E-state index contributed by atoms with van der Waals surface area (Å²) >= 11 is 6.08. The summed E-state index contributed by atoms with van der Waals surface area (Å²) in [6.07, 6.45) is 6.84. The van der Waals surface area contributed by atoms with Crippen LogP contribution in [0.15, 0.2) is 48.7 Å². The van der Waals surface area contributed by atoms with E-state index in [2.05, 4.69) is 17.1 Å². The molecule has 2 aromatic rings. The molecular formula is C25H21ClN2O5. The van der Waals surface area contributed by atoms with Crippen molar-refractivity contribution < 1.29 is 23.9 Å². The first-order chi connectivity index (χ1) is 16.0. The van der Waals surface area contributed by atoms with Gasteiger partial charge in [0.05, 0.1) is 30.2 Å². The standard InChI is InChI=1S/C25H21ClN2O5/c1-32-20-6-2-12(8-18(20)26)19(29)11-33-13-3-7-21(27-10-13)28-24(30)22-14-4-5-15(17-9-16(14)17)23(22)25(28)31/h2-8,10,14-17,22-23H,9,11H2,1H3/t14-,15?,16?,17-,22?,23?/m1/s1. The number of ether oxygens (including phenoxy) is 2. The van der Waals surface area contributed by atoms with Crippen molar-refractivity contribution in [2.24, 2.45) is 35.5 Å². The molecule has 7 nitrogen and oxygen atoms in total. The van der Waals surface area contributed by atoms with E-state index in [0.717, 1.165) is 6.42 Å². The van der Waals surface area contributed by atoms with Gasteiger partial charge in [-0.2, -0.15) is 0 Å². The SMILES string of the molecule is COc1ccc(C(=O)COc2ccc(N3C(=O)C4C(C3=O)[C@@H]3C=CC4[C@H]4CC34)nc2)cc1Cl. The van der Waals surface area contributed by atoms with E-state index in [1.165, 1.54) is 24.3 Å². The fourth-order valence-electron chi connectivity index (χ4n) is 5.84. The number of aromatic nitrogens is 1. The molecule has 33 heavy (non-hydrogen) atoms. The van der Waals surface area contributed by atoms with Crippen molar-refractivity contribution in [3.63, 3.8) is 0 Å². The molecule has 1 aromatic carbocycles. The molecule has 168 valence electrons. The summed E-state index contributed by atoms with van der Waals surface area (Å²) < 4.78 is 10.7. The van der Waals surface area contributed by atoms with Crippen LogP contribution in [0.1, 0.15) is 16.8 Å². The van der Waals surface area contributed by atoms with E-state index in [4.69, 9.17) is 21.1 Å². The van der Waals surface area contributed by atoms with Gasteiger partial charge in [0, 0.05) is 5.56 Å². The number of rotatable bonds is 6. The molecule has 1 aliphatic heterocycles. The lowest BCUT2D eigenvalue weighted by molar-refractivity contribution is -0.124. The lowest BCUT2D eigenvalue weighted by Gasteiger charge is -2.37. The normalized spacial score (nSPS) is 30.8. The number of halogens is 1. The molecule has 3 fully saturated rings. The number of hydrogen-bond donors (Lipinski definition) is 0. The minimum Gasteiger partial charge on any atom is -0.495 e. The number of allylic oxidation sites excluding steroid dienone is 2. The van der Waals surface area contributed by atoms with Crippen LogP contribution in [0.2, 0.25) is 5.02 Å². The largest absolute Gasteiger partial charge is 0.495 e. The van der Waals surface area contributed by atoms with Crippen LogP contribution in [0.5, 0.6) is 11.5 Å². The summed E-state index contributed by atoms with van der Waals surface area (Å²) in [7, 11) is 1.50. The molecule has 0 N–H and O–H groups in total. The fourth-order valence-corrected chi connectivity index (χ4v) is 6.10.